The molecule has 1 aromatic carbocycles. The molecule has 0 saturated carbocycles. The zero-order valence-electron chi connectivity index (χ0n) is 11.2. The van der Waals surface area contributed by atoms with Crippen LogP contribution in [0, 0.1) is 0 Å². The minimum atomic E-state index is -0.580. The number of imide groups is 1. The fourth-order valence-corrected chi connectivity index (χ4v) is 2.66. The van der Waals surface area contributed by atoms with E-state index in [1.54, 1.807) is 18.1 Å². The SMILES string of the molecule is CN1C(=O)NC(=O)C2C1N=C1OC(c3ccccc3)=CN12. The van der Waals surface area contributed by atoms with Crippen LogP contribution in [0.2, 0.25) is 0 Å². The molecule has 0 aliphatic carbocycles. The molecular weight excluding hydrogens is 272 g/mol. The summed E-state index contributed by atoms with van der Waals surface area (Å²) in [5, 5.41) is 2.32. The lowest BCUT2D eigenvalue weighted by Crippen LogP contribution is -2.62. The van der Waals surface area contributed by atoms with Crippen LogP contribution in [0.25, 0.3) is 5.76 Å². The molecule has 7 nitrogen and oxygen atoms in total. The van der Waals surface area contributed by atoms with Gasteiger partial charge in [0.2, 0.25) is 0 Å². The van der Waals surface area contributed by atoms with Gasteiger partial charge in [0.25, 0.3) is 11.9 Å². The Morgan fingerprint density at radius 1 is 1.24 bits per heavy atom. The van der Waals surface area contributed by atoms with E-state index in [-0.39, 0.29) is 5.91 Å². The van der Waals surface area contributed by atoms with Gasteiger partial charge in [-0.05, 0) is 0 Å². The van der Waals surface area contributed by atoms with Crippen molar-refractivity contribution in [2.45, 2.75) is 12.2 Å². The molecule has 2 unspecified atom stereocenters. The normalized spacial score (nSPS) is 26.7. The average molecular weight is 284 g/mol. The van der Waals surface area contributed by atoms with Gasteiger partial charge in [-0.1, -0.05) is 30.3 Å². The van der Waals surface area contributed by atoms with Crippen LogP contribution in [0.3, 0.4) is 0 Å². The second-order valence-electron chi connectivity index (χ2n) is 5.04. The average Bonchev–Trinajstić information content (AvgIpc) is 3.03. The molecule has 3 heterocycles. The fourth-order valence-electron chi connectivity index (χ4n) is 2.66. The predicted molar refractivity (Wildman–Crippen MR) is 73.7 cm³/mol. The number of amides is 3. The number of amidine groups is 1. The second-order valence-corrected chi connectivity index (χ2v) is 5.04. The first-order chi connectivity index (χ1) is 10.1. The monoisotopic (exact) mass is 284 g/mol. The molecule has 0 aromatic heterocycles. The standard InChI is InChI=1S/C14H12N4O3/c1-17-11-10(12(19)16-13(17)20)18-7-9(21-14(18)15-11)8-5-3-2-4-6-8/h2-7,10-11H,1H3,(H,16,19,20). The van der Waals surface area contributed by atoms with Gasteiger partial charge < -0.3 is 9.64 Å². The van der Waals surface area contributed by atoms with Crippen molar-refractivity contribution in [3.05, 3.63) is 42.1 Å². The van der Waals surface area contributed by atoms with Crippen molar-refractivity contribution in [1.82, 2.24) is 15.1 Å². The first-order valence-electron chi connectivity index (χ1n) is 6.54. The van der Waals surface area contributed by atoms with Crippen molar-refractivity contribution < 1.29 is 14.3 Å². The summed E-state index contributed by atoms with van der Waals surface area (Å²) in [5.74, 6) is 0.274. The van der Waals surface area contributed by atoms with Crippen molar-refractivity contribution in [2.24, 2.45) is 4.99 Å². The summed E-state index contributed by atoms with van der Waals surface area (Å²) < 4.78 is 5.71. The first kappa shape index (κ1) is 12.0. The van der Waals surface area contributed by atoms with Gasteiger partial charge in [-0.15, -0.1) is 0 Å². The number of fused-ring (bicyclic) bond motifs is 3. The summed E-state index contributed by atoms with van der Waals surface area (Å²) in [4.78, 5) is 31.1. The van der Waals surface area contributed by atoms with E-state index in [9.17, 15) is 9.59 Å². The third-order valence-corrected chi connectivity index (χ3v) is 3.78. The number of carbonyl (C=O) groups excluding carboxylic acids is 2. The van der Waals surface area contributed by atoms with Crippen molar-refractivity contribution in [3.63, 3.8) is 0 Å². The maximum Gasteiger partial charge on any atom is 0.325 e. The van der Waals surface area contributed by atoms with Gasteiger partial charge in [-0.3, -0.25) is 15.0 Å². The quantitative estimate of drug-likeness (QED) is 0.818. The lowest BCUT2D eigenvalue weighted by Gasteiger charge is -2.33. The Morgan fingerprint density at radius 2 is 2.00 bits per heavy atom. The zero-order chi connectivity index (χ0) is 14.6. The largest absolute Gasteiger partial charge is 0.423 e. The number of aliphatic imine (C=N–C) groups is 1. The molecule has 3 aliphatic rings. The molecular formula is C14H12N4O3. The molecule has 21 heavy (non-hydrogen) atoms. The van der Waals surface area contributed by atoms with Crippen molar-refractivity contribution in [3.8, 4) is 0 Å². The highest BCUT2D eigenvalue weighted by molar-refractivity contribution is 6.04. The van der Waals surface area contributed by atoms with Crippen LogP contribution in [-0.4, -0.2) is 47.0 Å². The minimum Gasteiger partial charge on any atom is -0.423 e. The third-order valence-electron chi connectivity index (χ3n) is 3.78. The Hall–Kier alpha value is -2.83. The van der Waals surface area contributed by atoms with Crippen molar-refractivity contribution >= 4 is 23.7 Å². The highest BCUT2D eigenvalue weighted by atomic mass is 16.5. The van der Waals surface area contributed by atoms with E-state index in [4.69, 9.17) is 4.74 Å². The summed E-state index contributed by atoms with van der Waals surface area (Å²) in [6.07, 6.45) is 1.21. The Labute approximate surface area is 120 Å². The van der Waals surface area contributed by atoms with Crippen LogP contribution < -0.4 is 5.32 Å². The number of benzene rings is 1. The summed E-state index contributed by atoms with van der Waals surface area (Å²) in [7, 11) is 1.60. The van der Waals surface area contributed by atoms with E-state index in [0.717, 1.165) is 5.56 Å². The summed E-state index contributed by atoms with van der Waals surface area (Å²) >= 11 is 0. The number of nitrogens with zero attached hydrogens (tertiary/aromatic N) is 3. The highest BCUT2D eigenvalue weighted by Gasteiger charge is 2.51. The van der Waals surface area contributed by atoms with Gasteiger partial charge in [0, 0.05) is 12.6 Å². The zero-order valence-corrected chi connectivity index (χ0v) is 11.2. The van der Waals surface area contributed by atoms with Gasteiger partial charge in [0.05, 0.1) is 6.20 Å². The lowest BCUT2D eigenvalue weighted by molar-refractivity contribution is -0.126. The lowest BCUT2D eigenvalue weighted by atomic mass is 10.1. The molecule has 1 saturated heterocycles. The Morgan fingerprint density at radius 3 is 2.76 bits per heavy atom. The minimum absolute atomic E-state index is 0.348. The third kappa shape index (κ3) is 1.63. The van der Waals surface area contributed by atoms with Gasteiger partial charge in [-0.2, -0.15) is 0 Å². The Bertz CT molecular complexity index is 697. The number of likely N-dealkylation sites (N-methyl/N-ethyl adjacent to an activating group) is 1. The van der Waals surface area contributed by atoms with Crippen LogP contribution in [0.5, 0.6) is 0 Å². The van der Waals surface area contributed by atoms with E-state index < -0.39 is 18.2 Å². The number of ether oxygens (including phenoxy) is 1. The van der Waals surface area contributed by atoms with E-state index in [2.05, 4.69) is 10.3 Å². The number of urea groups is 1. The van der Waals surface area contributed by atoms with E-state index in [0.29, 0.717) is 11.8 Å². The first-order valence-corrected chi connectivity index (χ1v) is 6.54. The topological polar surface area (TPSA) is 74.2 Å². The molecule has 1 N–H and O–H groups in total. The summed E-state index contributed by atoms with van der Waals surface area (Å²) in [6.45, 7) is 0. The second kappa shape index (κ2) is 4.08. The summed E-state index contributed by atoms with van der Waals surface area (Å²) in [5.41, 5.74) is 0.909. The molecule has 3 amide bonds. The molecule has 106 valence electrons. The van der Waals surface area contributed by atoms with Crippen molar-refractivity contribution in [1.29, 1.82) is 0 Å². The number of rotatable bonds is 1. The van der Waals surface area contributed by atoms with E-state index in [1.165, 1.54) is 4.90 Å². The van der Waals surface area contributed by atoms with Gasteiger partial charge in [0.1, 0.15) is 0 Å². The number of hydrogen-bond acceptors (Lipinski definition) is 5. The van der Waals surface area contributed by atoms with E-state index >= 15 is 0 Å². The van der Waals surface area contributed by atoms with Gasteiger partial charge in [0.15, 0.2) is 18.0 Å². The van der Waals surface area contributed by atoms with Gasteiger partial charge in [-0.25, -0.2) is 9.79 Å². The number of hydrogen-bond donors (Lipinski definition) is 1. The van der Waals surface area contributed by atoms with Crippen molar-refractivity contribution in [2.75, 3.05) is 7.05 Å². The molecule has 3 aliphatic heterocycles. The van der Waals surface area contributed by atoms with Gasteiger partial charge >= 0.3 is 6.03 Å². The molecule has 2 atom stereocenters. The van der Waals surface area contributed by atoms with Crippen LogP contribution >= 0.6 is 0 Å². The van der Waals surface area contributed by atoms with Crippen LogP contribution in [0.1, 0.15) is 5.56 Å². The predicted octanol–water partition coefficient (Wildman–Crippen LogP) is 0.563. The Kier molecular flexibility index (Phi) is 2.32. The molecule has 0 bridgehead atoms. The summed E-state index contributed by atoms with van der Waals surface area (Å²) in [6, 6.07) is 8.90. The van der Waals surface area contributed by atoms with E-state index in [1.807, 2.05) is 30.3 Å². The van der Waals surface area contributed by atoms with Crippen LogP contribution in [0.4, 0.5) is 4.79 Å². The molecule has 7 heteroatoms. The Balaban J connectivity index is 1.68. The maximum atomic E-state index is 12.1. The number of nitrogens with one attached hydrogen (secondary N) is 1. The molecule has 0 radical (unpaired) electrons. The smallest absolute Gasteiger partial charge is 0.325 e. The molecule has 0 spiro atoms. The number of carbonyl (C=O) groups is 2. The fraction of sp³-hybridized carbons (Fsp3) is 0.214. The maximum absolute atomic E-state index is 12.1. The molecule has 1 aromatic rings. The van der Waals surface area contributed by atoms with Crippen LogP contribution in [0.15, 0.2) is 41.5 Å². The highest BCUT2D eigenvalue weighted by Crippen LogP contribution is 2.33. The molecule has 1 fully saturated rings. The van der Waals surface area contributed by atoms with Crippen LogP contribution in [-0.2, 0) is 9.53 Å². The molecule has 4 rings (SSSR count).